The molecule has 4 heteroatoms. The van der Waals surface area contributed by atoms with Crippen LogP contribution in [0.3, 0.4) is 0 Å². The number of rotatable bonds is 18. The van der Waals surface area contributed by atoms with Crippen LogP contribution in [0.2, 0.25) is 0 Å². The van der Waals surface area contributed by atoms with Crippen molar-refractivity contribution in [1.82, 2.24) is 4.90 Å². The Bertz CT molecular complexity index is 451. The molecule has 1 aliphatic heterocycles. The summed E-state index contributed by atoms with van der Waals surface area (Å²) in [4.78, 5) is 25.3. The predicted octanol–water partition coefficient (Wildman–Crippen LogP) is 7.94. The number of carbonyl (C=O) groups excluding carboxylic acids is 1. The highest BCUT2D eigenvalue weighted by atomic mass is 16.4. The van der Waals surface area contributed by atoms with Crippen LogP contribution in [0.4, 0.5) is 4.79 Å². The van der Waals surface area contributed by atoms with Crippen LogP contribution in [0, 0.1) is 5.41 Å². The van der Waals surface area contributed by atoms with Crippen LogP contribution < -0.4 is 0 Å². The van der Waals surface area contributed by atoms with E-state index in [9.17, 15) is 14.7 Å². The van der Waals surface area contributed by atoms with Crippen LogP contribution in [0.1, 0.15) is 136 Å². The third kappa shape index (κ3) is 10.00. The summed E-state index contributed by atoms with van der Waals surface area (Å²) in [7, 11) is 0. The second-order valence-electron chi connectivity index (χ2n) is 9.22. The van der Waals surface area contributed by atoms with E-state index in [0.717, 1.165) is 37.0 Å². The van der Waals surface area contributed by atoms with Crippen LogP contribution in [0.25, 0.3) is 0 Å². The second kappa shape index (κ2) is 15.7. The first-order valence-corrected chi connectivity index (χ1v) is 12.6. The summed E-state index contributed by atoms with van der Waals surface area (Å²) in [5, 5.41) is 9.34. The lowest BCUT2D eigenvalue weighted by Crippen LogP contribution is -2.37. The Hall–Kier alpha value is -1.06. The summed E-state index contributed by atoms with van der Waals surface area (Å²) in [5.41, 5.74) is -0.400. The fourth-order valence-corrected chi connectivity index (χ4v) is 4.79. The van der Waals surface area contributed by atoms with Crippen LogP contribution in [0.15, 0.2) is 0 Å². The van der Waals surface area contributed by atoms with Gasteiger partial charge in [-0.15, -0.1) is 0 Å². The lowest BCUT2D eigenvalue weighted by Gasteiger charge is -2.27. The van der Waals surface area contributed by atoms with Crippen molar-refractivity contribution in [3.05, 3.63) is 0 Å². The molecule has 1 N–H and O–H groups in total. The van der Waals surface area contributed by atoms with Gasteiger partial charge in [0.25, 0.3) is 0 Å². The van der Waals surface area contributed by atoms with Gasteiger partial charge in [-0.25, -0.2) is 9.69 Å². The zero-order chi connectivity index (χ0) is 21.4. The molecular weight excluding hydrogens is 362 g/mol. The van der Waals surface area contributed by atoms with Gasteiger partial charge in [0.15, 0.2) is 0 Å². The maximum absolute atomic E-state index is 12.9. The molecule has 0 aromatic rings. The topological polar surface area (TPSA) is 57.6 Å². The Morgan fingerprint density at radius 2 is 1.14 bits per heavy atom. The van der Waals surface area contributed by atoms with E-state index in [2.05, 4.69) is 13.8 Å². The molecule has 2 amide bonds. The molecule has 1 rings (SSSR count). The Kier molecular flexibility index (Phi) is 14.1. The SMILES string of the molecule is CCCCCCCCCCCCC1(CCCCCCCC)CCN(C(=O)O)C1=O. The highest BCUT2D eigenvalue weighted by Gasteiger charge is 2.47. The number of nitrogens with zero attached hydrogens (tertiary/aromatic N) is 1. The normalized spacial score (nSPS) is 19.2. The molecule has 170 valence electrons. The fourth-order valence-electron chi connectivity index (χ4n) is 4.79. The Morgan fingerprint density at radius 3 is 1.48 bits per heavy atom. The van der Waals surface area contributed by atoms with Crippen molar-refractivity contribution in [2.75, 3.05) is 6.54 Å². The van der Waals surface area contributed by atoms with Gasteiger partial charge >= 0.3 is 6.09 Å². The monoisotopic (exact) mass is 409 g/mol. The molecule has 1 aliphatic rings. The first kappa shape index (κ1) is 26.0. The van der Waals surface area contributed by atoms with E-state index >= 15 is 0 Å². The van der Waals surface area contributed by atoms with Gasteiger partial charge < -0.3 is 5.11 Å². The zero-order valence-corrected chi connectivity index (χ0v) is 19.4. The largest absolute Gasteiger partial charge is 0.465 e. The number of amides is 2. The van der Waals surface area contributed by atoms with E-state index in [4.69, 9.17) is 0 Å². The van der Waals surface area contributed by atoms with Crippen LogP contribution in [-0.4, -0.2) is 28.6 Å². The van der Waals surface area contributed by atoms with Gasteiger partial charge in [0, 0.05) is 6.54 Å². The molecule has 29 heavy (non-hydrogen) atoms. The first-order chi connectivity index (χ1) is 14.1. The van der Waals surface area contributed by atoms with Gasteiger partial charge in [0.05, 0.1) is 5.41 Å². The van der Waals surface area contributed by atoms with Crippen molar-refractivity contribution < 1.29 is 14.7 Å². The minimum Gasteiger partial charge on any atom is -0.465 e. The smallest absolute Gasteiger partial charge is 0.414 e. The van der Waals surface area contributed by atoms with Gasteiger partial charge in [0.1, 0.15) is 0 Å². The van der Waals surface area contributed by atoms with E-state index in [1.54, 1.807) is 0 Å². The van der Waals surface area contributed by atoms with Crippen LogP contribution >= 0.6 is 0 Å². The highest BCUT2D eigenvalue weighted by Crippen LogP contribution is 2.42. The molecular formula is C25H47NO3. The van der Waals surface area contributed by atoms with E-state index in [0.29, 0.717) is 6.54 Å². The zero-order valence-electron chi connectivity index (χ0n) is 19.4. The van der Waals surface area contributed by atoms with Crippen LogP contribution in [-0.2, 0) is 4.79 Å². The van der Waals surface area contributed by atoms with E-state index in [1.807, 2.05) is 0 Å². The minimum absolute atomic E-state index is 0.116. The van der Waals surface area contributed by atoms with E-state index in [1.165, 1.54) is 89.9 Å². The summed E-state index contributed by atoms with van der Waals surface area (Å²) < 4.78 is 0. The molecule has 4 nitrogen and oxygen atoms in total. The number of imide groups is 1. The molecule has 1 atom stereocenters. The average molecular weight is 410 g/mol. The summed E-state index contributed by atoms with van der Waals surface area (Å²) in [6.07, 6.45) is 21.6. The maximum Gasteiger partial charge on any atom is 0.414 e. The third-order valence-electron chi connectivity index (χ3n) is 6.76. The summed E-state index contributed by atoms with van der Waals surface area (Å²) in [5.74, 6) is -0.116. The van der Waals surface area contributed by atoms with Crippen molar-refractivity contribution >= 4 is 12.0 Å². The van der Waals surface area contributed by atoms with Crippen molar-refractivity contribution in [2.45, 2.75) is 136 Å². The molecule has 1 fully saturated rings. The Balaban J connectivity index is 2.32. The molecule has 0 aromatic heterocycles. The van der Waals surface area contributed by atoms with Crippen molar-refractivity contribution in [2.24, 2.45) is 5.41 Å². The van der Waals surface area contributed by atoms with E-state index < -0.39 is 11.5 Å². The van der Waals surface area contributed by atoms with Gasteiger partial charge in [-0.3, -0.25) is 4.79 Å². The van der Waals surface area contributed by atoms with Crippen molar-refractivity contribution in [3.63, 3.8) is 0 Å². The standard InChI is InChI=1S/C25H47NO3/c1-3-5-7-9-11-12-13-14-16-18-20-25(19-17-15-10-8-6-4-2)21-22-26(23(25)27)24(28)29/h3-22H2,1-2H3,(H,28,29). The summed E-state index contributed by atoms with van der Waals surface area (Å²) in [6, 6.07) is 0. The Morgan fingerprint density at radius 1 is 0.759 bits per heavy atom. The lowest BCUT2D eigenvalue weighted by molar-refractivity contribution is -0.135. The molecule has 0 aromatic carbocycles. The van der Waals surface area contributed by atoms with Crippen molar-refractivity contribution in [3.8, 4) is 0 Å². The molecule has 0 saturated carbocycles. The third-order valence-corrected chi connectivity index (χ3v) is 6.76. The fraction of sp³-hybridized carbons (Fsp3) is 0.920. The van der Waals surface area contributed by atoms with Crippen LogP contribution in [0.5, 0.6) is 0 Å². The van der Waals surface area contributed by atoms with Gasteiger partial charge in [-0.1, -0.05) is 117 Å². The van der Waals surface area contributed by atoms with Gasteiger partial charge in [0.2, 0.25) is 5.91 Å². The van der Waals surface area contributed by atoms with Gasteiger partial charge in [-0.2, -0.15) is 0 Å². The Labute approximate surface area is 179 Å². The highest BCUT2D eigenvalue weighted by molar-refractivity contribution is 5.96. The number of carbonyl (C=O) groups is 2. The lowest BCUT2D eigenvalue weighted by atomic mass is 9.76. The minimum atomic E-state index is -1.07. The number of likely N-dealkylation sites (tertiary alicyclic amines) is 1. The molecule has 0 bridgehead atoms. The van der Waals surface area contributed by atoms with E-state index in [-0.39, 0.29) is 5.91 Å². The molecule has 0 aliphatic carbocycles. The average Bonchev–Trinajstić information content (AvgIpc) is 3.03. The maximum atomic E-state index is 12.9. The molecule has 0 spiro atoms. The molecule has 1 heterocycles. The molecule has 0 radical (unpaired) electrons. The van der Waals surface area contributed by atoms with Gasteiger partial charge in [-0.05, 0) is 19.3 Å². The number of unbranched alkanes of at least 4 members (excludes halogenated alkanes) is 14. The number of hydrogen-bond donors (Lipinski definition) is 1. The number of hydrogen-bond acceptors (Lipinski definition) is 2. The summed E-state index contributed by atoms with van der Waals surface area (Å²) >= 11 is 0. The molecule has 1 unspecified atom stereocenters. The summed E-state index contributed by atoms with van der Waals surface area (Å²) in [6.45, 7) is 4.87. The predicted molar refractivity (Wildman–Crippen MR) is 121 cm³/mol. The number of carboxylic acid groups (broad SMARTS) is 1. The van der Waals surface area contributed by atoms with Crippen molar-refractivity contribution in [1.29, 1.82) is 0 Å². The quantitative estimate of drug-likeness (QED) is 0.234. The molecule has 1 saturated heterocycles. The first-order valence-electron chi connectivity index (χ1n) is 12.6. The second-order valence-corrected chi connectivity index (χ2v) is 9.22.